The molecule has 0 aliphatic rings. The molecular formula is C27H32N4O2. The van der Waals surface area contributed by atoms with Gasteiger partial charge < -0.3 is 15.1 Å². The molecule has 0 aliphatic heterocycles. The van der Waals surface area contributed by atoms with Crippen LogP contribution < -0.4 is 10.2 Å². The maximum atomic E-state index is 13.4. The van der Waals surface area contributed by atoms with E-state index in [0.29, 0.717) is 29.2 Å². The molecule has 0 saturated heterocycles. The Morgan fingerprint density at radius 2 is 1.61 bits per heavy atom. The number of para-hydroxylation sites is 1. The number of benzene rings is 2. The van der Waals surface area contributed by atoms with E-state index in [0.717, 1.165) is 18.7 Å². The lowest BCUT2D eigenvalue weighted by Crippen LogP contribution is -2.27. The molecule has 0 aliphatic carbocycles. The van der Waals surface area contributed by atoms with Crippen molar-refractivity contribution in [2.75, 3.05) is 37.4 Å². The van der Waals surface area contributed by atoms with Crippen LogP contribution in [0.5, 0.6) is 0 Å². The van der Waals surface area contributed by atoms with E-state index in [1.54, 1.807) is 12.3 Å². The zero-order valence-electron chi connectivity index (χ0n) is 19.8. The van der Waals surface area contributed by atoms with Gasteiger partial charge in [-0.3, -0.25) is 9.59 Å². The predicted molar refractivity (Wildman–Crippen MR) is 134 cm³/mol. The van der Waals surface area contributed by atoms with Gasteiger partial charge in [-0.1, -0.05) is 56.3 Å². The molecule has 1 aromatic heterocycles. The third-order valence-electron chi connectivity index (χ3n) is 5.29. The van der Waals surface area contributed by atoms with Gasteiger partial charge in [0.1, 0.15) is 0 Å². The van der Waals surface area contributed by atoms with Gasteiger partial charge in [-0.2, -0.15) is 0 Å². The number of pyridine rings is 1. The van der Waals surface area contributed by atoms with Crippen LogP contribution in [0.25, 0.3) is 0 Å². The molecule has 0 unspecified atom stereocenters. The standard InChI is InChI=1S/C27H32N4O2/c1-20(2)27(33)29-23-15-10-17-28-26(23)31(19-11-18-30(3)4)24-16-9-8-14-22(24)25(32)21-12-6-5-7-13-21/h5-10,12-17,20H,11,18-19H2,1-4H3,(H,29,33). The number of ketones is 1. The summed E-state index contributed by atoms with van der Waals surface area (Å²) in [5.41, 5.74) is 2.62. The van der Waals surface area contributed by atoms with Crippen molar-refractivity contribution in [3.05, 3.63) is 84.1 Å². The molecule has 3 aromatic rings. The second-order valence-corrected chi connectivity index (χ2v) is 8.54. The summed E-state index contributed by atoms with van der Waals surface area (Å²) in [4.78, 5) is 34.7. The normalized spacial score (nSPS) is 11.0. The number of carbonyl (C=O) groups excluding carboxylic acids is 2. The van der Waals surface area contributed by atoms with Crippen LogP contribution in [0.4, 0.5) is 17.2 Å². The van der Waals surface area contributed by atoms with E-state index in [9.17, 15) is 9.59 Å². The summed E-state index contributed by atoms with van der Waals surface area (Å²) in [5.74, 6) is 0.337. The minimum absolute atomic E-state index is 0.0486. The van der Waals surface area contributed by atoms with Crippen LogP contribution in [0.1, 0.15) is 36.2 Å². The van der Waals surface area contributed by atoms with E-state index >= 15 is 0 Å². The highest BCUT2D eigenvalue weighted by molar-refractivity contribution is 6.13. The van der Waals surface area contributed by atoms with Gasteiger partial charge in [-0.25, -0.2) is 4.98 Å². The molecule has 0 spiro atoms. The number of nitrogens with zero attached hydrogens (tertiary/aromatic N) is 3. The van der Waals surface area contributed by atoms with E-state index in [4.69, 9.17) is 0 Å². The van der Waals surface area contributed by atoms with Crippen LogP contribution >= 0.6 is 0 Å². The number of anilines is 3. The van der Waals surface area contributed by atoms with E-state index in [2.05, 4.69) is 15.2 Å². The van der Waals surface area contributed by atoms with Crippen LogP contribution in [-0.4, -0.2) is 48.8 Å². The Morgan fingerprint density at radius 1 is 0.909 bits per heavy atom. The van der Waals surface area contributed by atoms with Crippen LogP contribution in [0.3, 0.4) is 0 Å². The minimum Gasteiger partial charge on any atom is -0.324 e. The highest BCUT2D eigenvalue weighted by Crippen LogP contribution is 2.33. The first-order chi connectivity index (χ1) is 15.9. The Bertz CT molecular complexity index is 1080. The maximum absolute atomic E-state index is 13.4. The van der Waals surface area contributed by atoms with Crippen molar-refractivity contribution in [1.29, 1.82) is 0 Å². The maximum Gasteiger partial charge on any atom is 0.227 e. The van der Waals surface area contributed by atoms with Gasteiger partial charge in [0.05, 0.1) is 11.4 Å². The zero-order valence-corrected chi connectivity index (χ0v) is 19.8. The summed E-state index contributed by atoms with van der Waals surface area (Å²) in [5, 5.41) is 3.00. The summed E-state index contributed by atoms with van der Waals surface area (Å²) in [7, 11) is 4.07. The van der Waals surface area contributed by atoms with E-state index in [1.165, 1.54) is 0 Å². The average Bonchev–Trinajstić information content (AvgIpc) is 2.82. The fourth-order valence-electron chi connectivity index (χ4n) is 3.52. The average molecular weight is 445 g/mol. The number of amides is 1. The van der Waals surface area contributed by atoms with Crippen molar-refractivity contribution in [2.45, 2.75) is 20.3 Å². The Labute approximate surface area is 196 Å². The number of hydrogen-bond acceptors (Lipinski definition) is 5. The molecule has 3 rings (SSSR count). The quantitative estimate of drug-likeness (QED) is 0.446. The molecule has 0 radical (unpaired) electrons. The molecule has 0 bridgehead atoms. The number of carbonyl (C=O) groups is 2. The van der Waals surface area contributed by atoms with Crippen LogP contribution in [0.2, 0.25) is 0 Å². The van der Waals surface area contributed by atoms with Crippen molar-refractivity contribution < 1.29 is 9.59 Å². The van der Waals surface area contributed by atoms with E-state index < -0.39 is 0 Å². The second-order valence-electron chi connectivity index (χ2n) is 8.54. The molecule has 6 nitrogen and oxygen atoms in total. The predicted octanol–water partition coefficient (Wildman–Crippen LogP) is 5.00. The SMILES string of the molecule is CC(C)C(=O)Nc1cccnc1N(CCCN(C)C)c1ccccc1C(=O)c1ccccc1. The van der Waals surface area contributed by atoms with Crippen LogP contribution in [0.15, 0.2) is 72.9 Å². The van der Waals surface area contributed by atoms with Gasteiger partial charge in [-0.05, 0) is 51.3 Å². The van der Waals surface area contributed by atoms with Crippen molar-refractivity contribution in [2.24, 2.45) is 5.92 Å². The first kappa shape index (κ1) is 24.1. The Kier molecular flexibility index (Phi) is 8.33. The zero-order chi connectivity index (χ0) is 23.8. The topological polar surface area (TPSA) is 65.5 Å². The lowest BCUT2D eigenvalue weighted by atomic mass is 10.0. The van der Waals surface area contributed by atoms with Crippen molar-refractivity contribution in [1.82, 2.24) is 9.88 Å². The number of hydrogen-bond donors (Lipinski definition) is 1. The van der Waals surface area contributed by atoms with Gasteiger partial charge >= 0.3 is 0 Å². The Hall–Kier alpha value is -3.51. The lowest BCUT2D eigenvalue weighted by molar-refractivity contribution is -0.118. The summed E-state index contributed by atoms with van der Waals surface area (Å²) in [6.45, 7) is 5.23. The first-order valence-electron chi connectivity index (χ1n) is 11.3. The Morgan fingerprint density at radius 3 is 2.30 bits per heavy atom. The third kappa shape index (κ3) is 6.26. The van der Waals surface area contributed by atoms with Crippen LogP contribution in [-0.2, 0) is 4.79 Å². The summed E-state index contributed by atoms with van der Waals surface area (Å²) in [6, 6.07) is 20.5. The molecule has 1 heterocycles. The number of aromatic nitrogens is 1. The molecule has 33 heavy (non-hydrogen) atoms. The molecule has 0 saturated carbocycles. The van der Waals surface area contributed by atoms with Crippen molar-refractivity contribution in [3.63, 3.8) is 0 Å². The first-order valence-corrected chi connectivity index (χ1v) is 11.3. The highest BCUT2D eigenvalue weighted by atomic mass is 16.2. The lowest BCUT2D eigenvalue weighted by Gasteiger charge is -2.28. The summed E-state index contributed by atoms with van der Waals surface area (Å²) in [6.07, 6.45) is 2.57. The molecule has 172 valence electrons. The van der Waals surface area contributed by atoms with Crippen molar-refractivity contribution in [3.8, 4) is 0 Å². The van der Waals surface area contributed by atoms with Crippen LogP contribution in [0, 0.1) is 5.92 Å². The second kappa shape index (κ2) is 11.4. The monoisotopic (exact) mass is 444 g/mol. The number of rotatable bonds is 10. The van der Waals surface area contributed by atoms with E-state index in [-0.39, 0.29) is 17.6 Å². The Balaban J connectivity index is 2.07. The minimum atomic E-state index is -0.160. The third-order valence-corrected chi connectivity index (χ3v) is 5.29. The van der Waals surface area contributed by atoms with Gasteiger partial charge in [-0.15, -0.1) is 0 Å². The molecule has 1 amide bonds. The van der Waals surface area contributed by atoms with Gasteiger partial charge in [0, 0.05) is 29.8 Å². The van der Waals surface area contributed by atoms with Crippen molar-refractivity contribution >= 4 is 28.9 Å². The molecule has 0 atom stereocenters. The molecular weight excluding hydrogens is 412 g/mol. The molecule has 0 fully saturated rings. The van der Waals surface area contributed by atoms with E-state index in [1.807, 2.05) is 93.5 Å². The fourth-order valence-corrected chi connectivity index (χ4v) is 3.52. The smallest absolute Gasteiger partial charge is 0.227 e. The molecule has 2 aromatic carbocycles. The highest BCUT2D eigenvalue weighted by Gasteiger charge is 2.22. The van der Waals surface area contributed by atoms with Gasteiger partial charge in [0.15, 0.2) is 11.6 Å². The molecule has 6 heteroatoms. The summed E-state index contributed by atoms with van der Waals surface area (Å²) >= 11 is 0. The fraction of sp³-hybridized carbons (Fsp3) is 0.296. The van der Waals surface area contributed by atoms with Gasteiger partial charge in [0.2, 0.25) is 5.91 Å². The number of nitrogens with one attached hydrogen (secondary N) is 1. The molecule has 1 N–H and O–H groups in total. The van der Waals surface area contributed by atoms with Gasteiger partial charge in [0.25, 0.3) is 0 Å². The summed E-state index contributed by atoms with van der Waals surface area (Å²) < 4.78 is 0. The largest absolute Gasteiger partial charge is 0.324 e.